The molecule has 2 aliphatic heterocycles. The zero-order chi connectivity index (χ0) is 22.2. The van der Waals surface area contributed by atoms with Crippen LogP contribution < -0.4 is 4.74 Å². The SMILES string of the molecule is CCOc1ccccc1[C@H]1c2[nH]c3ccccc3c2CCN1C(=O)CN1C(=O)CSC1=O. The highest BCUT2D eigenvalue weighted by molar-refractivity contribution is 8.14. The maximum atomic E-state index is 13.4. The number of benzene rings is 2. The molecule has 0 bridgehead atoms. The molecule has 3 aromatic rings. The van der Waals surface area contributed by atoms with Crippen LogP contribution in [0.5, 0.6) is 5.75 Å². The van der Waals surface area contributed by atoms with Crippen LogP contribution in [0.2, 0.25) is 0 Å². The number of nitrogens with one attached hydrogen (secondary N) is 1. The number of carbonyl (C=O) groups is 3. The van der Waals surface area contributed by atoms with Crippen molar-refractivity contribution in [1.82, 2.24) is 14.8 Å². The van der Waals surface area contributed by atoms with Crippen molar-refractivity contribution < 1.29 is 19.1 Å². The molecule has 7 nitrogen and oxygen atoms in total. The Bertz CT molecular complexity index is 1200. The van der Waals surface area contributed by atoms with Crippen molar-refractivity contribution in [3.63, 3.8) is 0 Å². The number of carbonyl (C=O) groups excluding carboxylic acids is 3. The summed E-state index contributed by atoms with van der Waals surface area (Å²) in [5, 5.41) is 0.785. The average Bonchev–Trinajstić information content (AvgIpc) is 3.34. The molecule has 0 aliphatic carbocycles. The van der Waals surface area contributed by atoms with Crippen LogP contribution in [0.15, 0.2) is 48.5 Å². The van der Waals surface area contributed by atoms with E-state index < -0.39 is 6.04 Å². The Labute approximate surface area is 189 Å². The minimum atomic E-state index is -0.401. The molecule has 32 heavy (non-hydrogen) atoms. The summed E-state index contributed by atoms with van der Waals surface area (Å²) < 4.78 is 5.90. The molecule has 0 radical (unpaired) electrons. The Morgan fingerprint density at radius 1 is 1.16 bits per heavy atom. The first-order chi connectivity index (χ1) is 15.6. The Hall–Kier alpha value is -3.26. The third-order valence-corrected chi connectivity index (χ3v) is 6.86. The first kappa shape index (κ1) is 20.6. The molecule has 1 N–H and O–H groups in total. The van der Waals surface area contributed by atoms with E-state index in [1.54, 1.807) is 4.90 Å². The molecule has 0 spiro atoms. The summed E-state index contributed by atoms with van der Waals surface area (Å²) in [4.78, 5) is 44.0. The molecule has 2 aliphatic rings. The summed E-state index contributed by atoms with van der Waals surface area (Å²) >= 11 is 0.940. The Morgan fingerprint density at radius 3 is 2.72 bits per heavy atom. The number of imide groups is 1. The fourth-order valence-electron chi connectivity index (χ4n) is 4.59. The van der Waals surface area contributed by atoms with Gasteiger partial charge in [0, 0.05) is 28.7 Å². The van der Waals surface area contributed by atoms with Crippen LogP contribution in [0.1, 0.15) is 29.8 Å². The monoisotopic (exact) mass is 449 g/mol. The number of fused-ring (bicyclic) bond motifs is 3. The molecule has 2 aromatic carbocycles. The number of amides is 3. The van der Waals surface area contributed by atoms with Crippen molar-refractivity contribution >= 4 is 39.7 Å². The molecular formula is C24H23N3O4S. The highest BCUT2D eigenvalue weighted by Gasteiger charge is 2.39. The van der Waals surface area contributed by atoms with Crippen molar-refractivity contribution in [2.75, 3.05) is 25.4 Å². The number of H-pyrrole nitrogens is 1. The lowest BCUT2D eigenvalue weighted by Gasteiger charge is -2.37. The summed E-state index contributed by atoms with van der Waals surface area (Å²) in [7, 11) is 0. The van der Waals surface area contributed by atoms with Crippen LogP contribution in [-0.4, -0.2) is 57.3 Å². The second-order valence-electron chi connectivity index (χ2n) is 7.81. The van der Waals surface area contributed by atoms with Crippen LogP contribution in [0.3, 0.4) is 0 Å². The fourth-order valence-corrected chi connectivity index (χ4v) is 5.31. The van der Waals surface area contributed by atoms with E-state index in [1.165, 1.54) is 5.56 Å². The molecule has 1 saturated heterocycles. The Balaban J connectivity index is 1.60. The standard InChI is InChI=1S/C24H23N3O4S/c1-2-31-19-10-6-4-8-17(19)23-22-16(15-7-3-5-9-18(15)25-22)11-12-26(23)20(28)13-27-21(29)14-32-24(27)30/h3-10,23,25H,2,11-14H2,1H3/t23-/m0/s1. The summed E-state index contributed by atoms with van der Waals surface area (Å²) in [5.74, 6) is 0.237. The summed E-state index contributed by atoms with van der Waals surface area (Å²) in [6.07, 6.45) is 0.690. The van der Waals surface area contributed by atoms with E-state index in [9.17, 15) is 14.4 Å². The van der Waals surface area contributed by atoms with E-state index in [4.69, 9.17) is 4.74 Å². The quantitative estimate of drug-likeness (QED) is 0.642. The molecule has 3 amide bonds. The maximum absolute atomic E-state index is 13.4. The van der Waals surface area contributed by atoms with Gasteiger partial charge >= 0.3 is 0 Å². The predicted octanol–water partition coefficient (Wildman–Crippen LogP) is 3.74. The van der Waals surface area contributed by atoms with Crippen molar-refractivity contribution in [3.05, 3.63) is 65.4 Å². The number of thioether (sulfide) groups is 1. The van der Waals surface area contributed by atoms with Gasteiger partial charge in [-0.3, -0.25) is 19.3 Å². The molecule has 1 atom stereocenters. The number of hydrogen-bond acceptors (Lipinski definition) is 5. The van der Waals surface area contributed by atoms with Gasteiger partial charge in [-0.15, -0.1) is 0 Å². The molecule has 0 saturated carbocycles. The topological polar surface area (TPSA) is 82.7 Å². The lowest BCUT2D eigenvalue weighted by atomic mass is 9.91. The maximum Gasteiger partial charge on any atom is 0.289 e. The van der Waals surface area contributed by atoms with E-state index in [0.29, 0.717) is 25.3 Å². The highest BCUT2D eigenvalue weighted by atomic mass is 32.2. The Kier molecular flexibility index (Phi) is 5.38. The molecule has 3 heterocycles. The van der Waals surface area contributed by atoms with Gasteiger partial charge in [-0.2, -0.15) is 0 Å². The van der Waals surface area contributed by atoms with E-state index >= 15 is 0 Å². The molecule has 0 unspecified atom stereocenters. The van der Waals surface area contributed by atoms with Gasteiger partial charge in [0.15, 0.2) is 0 Å². The third-order valence-electron chi connectivity index (χ3n) is 6.00. The number of rotatable bonds is 5. The second kappa shape index (κ2) is 8.35. The summed E-state index contributed by atoms with van der Waals surface area (Å²) in [5.41, 5.74) is 4.03. The van der Waals surface area contributed by atoms with Gasteiger partial charge in [0.1, 0.15) is 18.3 Å². The van der Waals surface area contributed by atoms with Crippen LogP contribution in [-0.2, 0) is 16.0 Å². The van der Waals surface area contributed by atoms with Gasteiger partial charge in [-0.05, 0) is 31.0 Å². The van der Waals surface area contributed by atoms with Gasteiger partial charge < -0.3 is 14.6 Å². The smallest absolute Gasteiger partial charge is 0.289 e. The van der Waals surface area contributed by atoms with Crippen LogP contribution >= 0.6 is 11.8 Å². The molecule has 1 aromatic heterocycles. The second-order valence-corrected chi connectivity index (χ2v) is 8.73. The molecule has 1 fully saturated rings. The van der Waals surface area contributed by atoms with Crippen molar-refractivity contribution in [1.29, 1.82) is 0 Å². The lowest BCUT2D eigenvalue weighted by molar-refractivity contribution is -0.138. The first-order valence-electron chi connectivity index (χ1n) is 10.7. The van der Waals surface area contributed by atoms with Crippen molar-refractivity contribution in [2.45, 2.75) is 19.4 Å². The van der Waals surface area contributed by atoms with Gasteiger partial charge in [0.2, 0.25) is 11.8 Å². The number of aromatic amines is 1. The first-order valence-corrected chi connectivity index (χ1v) is 11.6. The summed E-state index contributed by atoms with van der Waals surface area (Å²) in [6.45, 7) is 2.68. The van der Waals surface area contributed by atoms with E-state index in [1.807, 2.05) is 49.4 Å². The zero-order valence-corrected chi connectivity index (χ0v) is 18.5. The van der Waals surface area contributed by atoms with Crippen LogP contribution in [0, 0.1) is 0 Å². The molecule has 164 valence electrons. The normalized spacial score (nSPS) is 18.3. The minimum absolute atomic E-state index is 0.0921. The van der Waals surface area contributed by atoms with Crippen LogP contribution in [0.25, 0.3) is 10.9 Å². The highest BCUT2D eigenvalue weighted by Crippen LogP contribution is 2.41. The summed E-state index contributed by atoms with van der Waals surface area (Å²) in [6, 6.07) is 15.4. The van der Waals surface area contributed by atoms with E-state index in [2.05, 4.69) is 11.1 Å². The Morgan fingerprint density at radius 2 is 1.94 bits per heavy atom. The van der Waals surface area contributed by atoms with Crippen molar-refractivity contribution in [2.24, 2.45) is 0 Å². The van der Waals surface area contributed by atoms with E-state index in [-0.39, 0.29) is 29.4 Å². The number of ether oxygens (including phenoxy) is 1. The number of para-hydroxylation sites is 2. The van der Waals surface area contributed by atoms with E-state index in [0.717, 1.165) is 38.8 Å². The van der Waals surface area contributed by atoms with Gasteiger partial charge in [-0.1, -0.05) is 48.2 Å². The van der Waals surface area contributed by atoms with Gasteiger partial charge in [0.05, 0.1) is 12.4 Å². The lowest BCUT2D eigenvalue weighted by Crippen LogP contribution is -2.46. The predicted molar refractivity (Wildman–Crippen MR) is 123 cm³/mol. The molecule has 5 rings (SSSR count). The fraction of sp³-hybridized carbons (Fsp3) is 0.292. The number of nitrogens with zero attached hydrogens (tertiary/aromatic N) is 2. The van der Waals surface area contributed by atoms with Crippen LogP contribution in [0.4, 0.5) is 4.79 Å². The number of aromatic nitrogens is 1. The van der Waals surface area contributed by atoms with Gasteiger partial charge in [0.25, 0.3) is 5.24 Å². The van der Waals surface area contributed by atoms with Crippen molar-refractivity contribution in [3.8, 4) is 5.75 Å². The third kappa shape index (κ3) is 3.44. The minimum Gasteiger partial charge on any atom is -0.494 e. The van der Waals surface area contributed by atoms with Gasteiger partial charge in [-0.25, -0.2) is 0 Å². The zero-order valence-electron chi connectivity index (χ0n) is 17.7. The largest absolute Gasteiger partial charge is 0.494 e. The average molecular weight is 450 g/mol. The molecule has 8 heteroatoms. The molecular weight excluding hydrogens is 426 g/mol. The number of hydrogen-bond donors (Lipinski definition) is 1.